The van der Waals surface area contributed by atoms with Crippen molar-refractivity contribution in [3.8, 4) is 0 Å². The molecule has 0 aliphatic rings. The zero-order valence-corrected chi connectivity index (χ0v) is 13.6. The Morgan fingerprint density at radius 2 is 2.00 bits per heavy atom. The van der Waals surface area contributed by atoms with Crippen molar-refractivity contribution in [2.75, 3.05) is 5.32 Å². The molecular formula is C14H10BrCl2N3. The molecule has 3 aromatic rings. The van der Waals surface area contributed by atoms with Crippen molar-refractivity contribution in [2.24, 2.45) is 0 Å². The summed E-state index contributed by atoms with van der Waals surface area (Å²) in [6.07, 6.45) is 3.72. The number of hydrogen-bond donors (Lipinski definition) is 1. The van der Waals surface area contributed by atoms with Gasteiger partial charge in [0.05, 0.1) is 16.4 Å². The minimum absolute atomic E-state index is 0.569. The molecule has 0 fully saturated rings. The fourth-order valence-electron chi connectivity index (χ4n) is 1.97. The van der Waals surface area contributed by atoms with Crippen LogP contribution in [0.4, 0.5) is 11.4 Å². The summed E-state index contributed by atoms with van der Waals surface area (Å²) in [7, 11) is 0. The quantitative estimate of drug-likeness (QED) is 0.649. The second kappa shape index (κ2) is 5.28. The van der Waals surface area contributed by atoms with Gasteiger partial charge in [-0.25, -0.2) is 4.98 Å². The molecular weight excluding hydrogens is 361 g/mol. The van der Waals surface area contributed by atoms with Gasteiger partial charge in [-0.1, -0.05) is 39.1 Å². The molecule has 0 amide bonds. The third-order valence-electron chi connectivity index (χ3n) is 3.01. The lowest BCUT2D eigenvalue weighted by Gasteiger charge is -2.11. The molecule has 0 aliphatic heterocycles. The Morgan fingerprint density at radius 3 is 2.75 bits per heavy atom. The van der Waals surface area contributed by atoms with Crippen molar-refractivity contribution in [3.63, 3.8) is 0 Å². The van der Waals surface area contributed by atoms with E-state index in [9.17, 15) is 0 Å². The largest absolute Gasteiger partial charge is 0.353 e. The molecule has 3 nitrogen and oxygen atoms in total. The predicted molar refractivity (Wildman–Crippen MR) is 87.4 cm³/mol. The Morgan fingerprint density at radius 1 is 1.20 bits per heavy atom. The van der Waals surface area contributed by atoms with Crippen LogP contribution in [0.15, 0.2) is 41.1 Å². The lowest BCUT2D eigenvalue weighted by atomic mass is 10.3. The normalized spacial score (nSPS) is 11.0. The zero-order chi connectivity index (χ0) is 14.3. The summed E-state index contributed by atoms with van der Waals surface area (Å²) in [6, 6.07) is 7.54. The van der Waals surface area contributed by atoms with Crippen LogP contribution in [0.2, 0.25) is 10.0 Å². The third-order valence-corrected chi connectivity index (χ3v) is 4.18. The van der Waals surface area contributed by atoms with Crippen molar-refractivity contribution in [1.82, 2.24) is 9.38 Å². The predicted octanol–water partition coefficient (Wildman–Crippen LogP) is 5.46. The van der Waals surface area contributed by atoms with Gasteiger partial charge < -0.3 is 9.72 Å². The average Bonchev–Trinajstić information content (AvgIpc) is 2.78. The van der Waals surface area contributed by atoms with Gasteiger partial charge in [0.2, 0.25) is 0 Å². The SMILES string of the molecule is Cc1cnc2c(Cl)c(Nc3ccc(Br)cc3Cl)ccn12. The number of halogens is 3. The Balaban J connectivity index is 2.04. The Labute approximate surface area is 134 Å². The Kier molecular flexibility index (Phi) is 3.63. The lowest BCUT2D eigenvalue weighted by Crippen LogP contribution is -1.96. The van der Waals surface area contributed by atoms with Crippen molar-refractivity contribution in [1.29, 1.82) is 0 Å². The van der Waals surface area contributed by atoms with Crippen molar-refractivity contribution < 1.29 is 0 Å². The number of imidazole rings is 1. The van der Waals surface area contributed by atoms with E-state index >= 15 is 0 Å². The molecule has 2 heterocycles. The van der Waals surface area contributed by atoms with Crippen LogP contribution in [-0.2, 0) is 0 Å². The molecule has 1 aromatic carbocycles. The standard InChI is InChI=1S/C14H10BrCl2N3/c1-8-7-18-14-13(17)12(4-5-20(8)14)19-11-3-2-9(15)6-10(11)16/h2-7,19H,1H3. The molecule has 2 aromatic heterocycles. The second-order valence-corrected chi connectivity index (χ2v) is 6.09. The molecule has 6 heteroatoms. The maximum atomic E-state index is 6.39. The molecule has 0 unspecified atom stereocenters. The van der Waals surface area contributed by atoms with E-state index in [2.05, 4.69) is 26.2 Å². The van der Waals surface area contributed by atoms with Gasteiger partial charge in [0.15, 0.2) is 5.65 Å². The van der Waals surface area contributed by atoms with Gasteiger partial charge in [-0.15, -0.1) is 0 Å². The molecule has 0 saturated heterocycles. The summed E-state index contributed by atoms with van der Waals surface area (Å²) < 4.78 is 2.87. The highest BCUT2D eigenvalue weighted by atomic mass is 79.9. The lowest BCUT2D eigenvalue weighted by molar-refractivity contribution is 1.11. The highest BCUT2D eigenvalue weighted by molar-refractivity contribution is 9.10. The minimum atomic E-state index is 0.569. The fraction of sp³-hybridized carbons (Fsp3) is 0.0714. The van der Waals surface area contributed by atoms with Crippen LogP contribution in [0.3, 0.4) is 0 Å². The summed E-state index contributed by atoms with van der Waals surface area (Å²) in [6.45, 7) is 1.98. The van der Waals surface area contributed by atoms with Crippen LogP contribution in [0.25, 0.3) is 5.65 Å². The zero-order valence-electron chi connectivity index (χ0n) is 10.5. The Bertz CT molecular complexity index is 798. The first-order chi connectivity index (χ1) is 9.56. The number of pyridine rings is 1. The third kappa shape index (κ3) is 2.39. The van der Waals surface area contributed by atoms with Crippen molar-refractivity contribution in [3.05, 3.63) is 56.9 Å². The summed E-state index contributed by atoms with van der Waals surface area (Å²) in [5.41, 5.74) is 3.33. The van der Waals surface area contributed by atoms with Crippen LogP contribution >= 0.6 is 39.1 Å². The van der Waals surface area contributed by atoms with Crippen molar-refractivity contribution >= 4 is 56.2 Å². The van der Waals surface area contributed by atoms with Gasteiger partial charge in [-0.3, -0.25) is 0 Å². The van der Waals surface area contributed by atoms with E-state index in [-0.39, 0.29) is 0 Å². The van der Waals surface area contributed by atoms with E-state index in [1.807, 2.05) is 41.8 Å². The van der Waals surface area contributed by atoms with Crippen LogP contribution in [-0.4, -0.2) is 9.38 Å². The maximum Gasteiger partial charge on any atom is 0.157 e. The van der Waals surface area contributed by atoms with E-state index in [1.54, 1.807) is 6.20 Å². The first-order valence-electron chi connectivity index (χ1n) is 5.90. The molecule has 0 radical (unpaired) electrons. The number of nitrogens with one attached hydrogen (secondary N) is 1. The van der Waals surface area contributed by atoms with Gasteiger partial charge in [0.1, 0.15) is 5.02 Å². The minimum Gasteiger partial charge on any atom is -0.353 e. The van der Waals surface area contributed by atoms with E-state index in [1.165, 1.54) is 0 Å². The highest BCUT2D eigenvalue weighted by Gasteiger charge is 2.10. The number of hydrogen-bond acceptors (Lipinski definition) is 2. The van der Waals surface area contributed by atoms with Crippen LogP contribution in [0.1, 0.15) is 5.69 Å². The number of fused-ring (bicyclic) bond motifs is 1. The van der Waals surface area contributed by atoms with E-state index < -0.39 is 0 Å². The Hall–Kier alpha value is -1.23. The topological polar surface area (TPSA) is 29.3 Å². The second-order valence-electron chi connectivity index (χ2n) is 4.39. The van der Waals surface area contributed by atoms with Crippen molar-refractivity contribution in [2.45, 2.75) is 6.92 Å². The summed E-state index contributed by atoms with van der Waals surface area (Å²) in [5, 5.41) is 4.42. The highest BCUT2D eigenvalue weighted by Crippen LogP contribution is 2.33. The summed E-state index contributed by atoms with van der Waals surface area (Å²) in [5.74, 6) is 0. The molecule has 102 valence electrons. The van der Waals surface area contributed by atoms with Gasteiger partial charge in [-0.2, -0.15) is 0 Å². The van der Waals surface area contributed by atoms with Gasteiger partial charge >= 0.3 is 0 Å². The molecule has 0 bridgehead atoms. The molecule has 0 aliphatic carbocycles. The van der Waals surface area contributed by atoms with Gasteiger partial charge in [0, 0.05) is 22.6 Å². The monoisotopic (exact) mass is 369 g/mol. The van der Waals surface area contributed by atoms with Gasteiger partial charge in [-0.05, 0) is 31.2 Å². The van der Waals surface area contributed by atoms with E-state index in [0.717, 1.165) is 27.2 Å². The molecule has 0 spiro atoms. The number of rotatable bonds is 2. The first-order valence-corrected chi connectivity index (χ1v) is 7.45. The number of aryl methyl sites for hydroxylation is 1. The first kappa shape index (κ1) is 13.7. The number of anilines is 2. The molecule has 0 saturated carbocycles. The molecule has 0 atom stereocenters. The summed E-state index contributed by atoms with van der Waals surface area (Å²) in [4.78, 5) is 4.31. The maximum absolute atomic E-state index is 6.39. The average molecular weight is 371 g/mol. The fourth-order valence-corrected chi connectivity index (χ4v) is 2.94. The molecule has 3 rings (SSSR count). The number of aromatic nitrogens is 2. The van der Waals surface area contributed by atoms with Crippen LogP contribution in [0.5, 0.6) is 0 Å². The van der Waals surface area contributed by atoms with Crippen LogP contribution < -0.4 is 5.32 Å². The van der Waals surface area contributed by atoms with E-state index in [0.29, 0.717) is 10.0 Å². The van der Waals surface area contributed by atoms with Gasteiger partial charge in [0.25, 0.3) is 0 Å². The summed E-state index contributed by atoms with van der Waals surface area (Å²) >= 11 is 16.0. The smallest absolute Gasteiger partial charge is 0.157 e. The molecule has 20 heavy (non-hydrogen) atoms. The number of nitrogens with zero attached hydrogens (tertiary/aromatic N) is 2. The van der Waals surface area contributed by atoms with Crippen LogP contribution in [0, 0.1) is 6.92 Å². The van der Waals surface area contributed by atoms with E-state index in [4.69, 9.17) is 23.2 Å². The number of benzene rings is 1. The molecule has 1 N–H and O–H groups in total.